The Morgan fingerprint density at radius 1 is 1.30 bits per heavy atom. The number of aryl methyl sites for hydroxylation is 1. The van der Waals surface area contributed by atoms with Gasteiger partial charge in [-0.15, -0.1) is 11.3 Å². The number of hydrogen-bond donors (Lipinski definition) is 1. The summed E-state index contributed by atoms with van der Waals surface area (Å²) in [6, 6.07) is 5.86. The van der Waals surface area contributed by atoms with Crippen LogP contribution in [0.1, 0.15) is 54.6 Å². The molecule has 1 aromatic heterocycles. The number of aromatic nitrogens is 1. The van der Waals surface area contributed by atoms with Crippen molar-refractivity contribution < 1.29 is 9.84 Å². The van der Waals surface area contributed by atoms with Crippen molar-refractivity contribution in [2.75, 3.05) is 0 Å². The molecule has 108 valence electrons. The minimum atomic E-state index is -0.536. The quantitative estimate of drug-likeness (QED) is 0.897. The molecule has 0 aliphatic heterocycles. The normalized spacial score (nSPS) is 12.7. The van der Waals surface area contributed by atoms with Gasteiger partial charge in [-0.1, -0.05) is 25.5 Å². The highest BCUT2D eigenvalue weighted by molar-refractivity contribution is 7.09. The van der Waals surface area contributed by atoms with Gasteiger partial charge in [0, 0.05) is 16.9 Å². The standard InChI is InChI=1S/C16H21NO2S/c1-10(2)16-17-13(9-20-16)8-19-15-6-5-11(3)7-14(15)12(4)18/h5-7,9-10,12,18H,8H2,1-4H3/t12-/m1/s1. The molecule has 0 aliphatic rings. The lowest BCUT2D eigenvalue weighted by molar-refractivity contribution is 0.189. The van der Waals surface area contributed by atoms with Crippen LogP contribution in [0.5, 0.6) is 5.75 Å². The molecule has 0 saturated heterocycles. The molecule has 1 aromatic carbocycles. The monoisotopic (exact) mass is 291 g/mol. The molecule has 0 fully saturated rings. The third-order valence-electron chi connectivity index (χ3n) is 3.05. The van der Waals surface area contributed by atoms with E-state index in [4.69, 9.17) is 4.74 Å². The average Bonchev–Trinajstić information content (AvgIpc) is 2.86. The zero-order valence-electron chi connectivity index (χ0n) is 12.4. The zero-order valence-corrected chi connectivity index (χ0v) is 13.2. The first-order valence-electron chi connectivity index (χ1n) is 6.83. The van der Waals surface area contributed by atoms with Gasteiger partial charge in [0.25, 0.3) is 0 Å². The first kappa shape index (κ1) is 15.0. The first-order chi connectivity index (χ1) is 9.47. The molecule has 1 atom stereocenters. The minimum Gasteiger partial charge on any atom is -0.487 e. The summed E-state index contributed by atoms with van der Waals surface area (Å²) in [6.45, 7) is 8.46. The van der Waals surface area contributed by atoms with Gasteiger partial charge in [-0.25, -0.2) is 4.98 Å². The number of nitrogens with zero attached hydrogens (tertiary/aromatic N) is 1. The highest BCUT2D eigenvalue weighted by atomic mass is 32.1. The molecule has 1 heterocycles. The minimum absolute atomic E-state index is 0.437. The Kier molecular flexibility index (Phi) is 4.78. The Hall–Kier alpha value is -1.39. The van der Waals surface area contributed by atoms with Gasteiger partial charge in [0.05, 0.1) is 16.8 Å². The molecule has 20 heavy (non-hydrogen) atoms. The molecule has 0 spiro atoms. The highest BCUT2D eigenvalue weighted by Crippen LogP contribution is 2.27. The molecular weight excluding hydrogens is 270 g/mol. The molecule has 2 aromatic rings. The van der Waals surface area contributed by atoms with Gasteiger partial charge in [-0.3, -0.25) is 0 Å². The van der Waals surface area contributed by atoms with Crippen LogP contribution in [-0.2, 0) is 6.61 Å². The zero-order chi connectivity index (χ0) is 14.7. The molecule has 0 bridgehead atoms. The summed E-state index contributed by atoms with van der Waals surface area (Å²) in [5.41, 5.74) is 2.88. The van der Waals surface area contributed by atoms with Crippen molar-refractivity contribution in [2.24, 2.45) is 0 Å². The third kappa shape index (κ3) is 3.58. The van der Waals surface area contributed by atoms with Crippen molar-refractivity contribution in [2.45, 2.75) is 46.3 Å². The van der Waals surface area contributed by atoms with Crippen LogP contribution in [0, 0.1) is 6.92 Å². The lowest BCUT2D eigenvalue weighted by atomic mass is 10.1. The van der Waals surface area contributed by atoms with E-state index in [0.717, 1.165) is 27.6 Å². The maximum atomic E-state index is 9.81. The molecule has 0 saturated carbocycles. The SMILES string of the molecule is Cc1ccc(OCc2csc(C(C)C)n2)c([C@@H](C)O)c1. The van der Waals surface area contributed by atoms with E-state index in [-0.39, 0.29) is 0 Å². The summed E-state index contributed by atoms with van der Waals surface area (Å²) in [7, 11) is 0. The molecule has 1 N–H and O–H groups in total. The Balaban J connectivity index is 2.10. The predicted molar refractivity (Wildman–Crippen MR) is 82.3 cm³/mol. The maximum absolute atomic E-state index is 9.81. The number of aliphatic hydroxyl groups excluding tert-OH is 1. The van der Waals surface area contributed by atoms with Gasteiger partial charge in [-0.05, 0) is 26.0 Å². The van der Waals surface area contributed by atoms with Crippen molar-refractivity contribution >= 4 is 11.3 Å². The van der Waals surface area contributed by atoms with Crippen LogP contribution in [0.25, 0.3) is 0 Å². The van der Waals surface area contributed by atoms with Crippen LogP contribution in [0.3, 0.4) is 0 Å². The lowest BCUT2D eigenvalue weighted by Crippen LogP contribution is -2.02. The fraction of sp³-hybridized carbons (Fsp3) is 0.438. The number of benzene rings is 1. The molecule has 0 unspecified atom stereocenters. The topological polar surface area (TPSA) is 42.4 Å². The largest absolute Gasteiger partial charge is 0.487 e. The van der Waals surface area contributed by atoms with Crippen LogP contribution < -0.4 is 4.74 Å². The van der Waals surface area contributed by atoms with Gasteiger partial charge < -0.3 is 9.84 Å². The molecule has 0 radical (unpaired) electrons. The first-order valence-corrected chi connectivity index (χ1v) is 7.71. The summed E-state index contributed by atoms with van der Waals surface area (Å²) >= 11 is 1.67. The molecule has 2 rings (SSSR count). The number of rotatable bonds is 5. The number of aliphatic hydroxyl groups is 1. The second-order valence-electron chi connectivity index (χ2n) is 5.34. The number of hydrogen-bond acceptors (Lipinski definition) is 4. The smallest absolute Gasteiger partial charge is 0.131 e. The van der Waals surface area contributed by atoms with Crippen molar-refractivity contribution in [3.63, 3.8) is 0 Å². The number of thiazole rings is 1. The van der Waals surface area contributed by atoms with Gasteiger partial charge >= 0.3 is 0 Å². The fourth-order valence-electron chi connectivity index (χ4n) is 1.93. The second-order valence-corrected chi connectivity index (χ2v) is 6.23. The Bertz CT molecular complexity index is 576. The van der Waals surface area contributed by atoms with Crippen molar-refractivity contribution in [3.05, 3.63) is 45.4 Å². The van der Waals surface area contributed by atoms with E-state index in [1.54, 1.807) is 18.3 Å². The van der Waals surface area contributed by atoms with Gasteiger partial charge in [0.15, 0.2) is 0 Å². The second kappa shape index (κ2) is 6.37. The van der Waals surface area contributed by atoms with E-state index in [9.17, 15) is 5.11 Å². The Morgan fingerprint density at radius 3 is 2.65 bits per heavy atom. The van der Waals surface area contributed by atoms with Crippen LogP contribution in [-0.4, -0.2) is 10.1 Å². The molecule has 0 amide bonds. The summed E-state index contributed by atoms with van der Waals surface area (Å²) in [5, 5.41) is 13.0. The summed E-state index contributed by atoms with van der Waals surface area (Å²) < 4.78 is 5.82. The summed E-state index contributed by atoms with van der Waals surface area (Å²) in [6.07, 6.45) is -0.536. The van der Waals surface area contributed by atoms with E-state index >= 15 is 0 Å². The van der Waals surface area contributed by atoms with E-state index in [2.05, 4.69) is 18.8 Å². The predicted octanol–water partition coefficient (Wildman–Crippen LogP) is 4.21. The van der Waals surface area contributed by atoms with Crippen LogP contribution >= 0.6 is 11.3 Å². The van der Waals surface area contributed by atoms with E-state index in [1.165, 1.54) is 0 Å². The summed E-state index contributed by atoms with van der Waals surface area (Å²) in [5.74, 6) is 1.17. The molecule has 3 nitrogen and oxygen atoms in total. The Morgan fingerprint density at radius 2 is 2.05 bits per heavy atom. The Labute approximate surface area is 124 Å². The van der Waals surface area contributed by atoms with E-state index < -0.39 is 6.10 Å². The van der Waals surface area contributed by atoms with Gasteiger partial charge in [0.2, 0.25) is 0 Å². The van der Waals surface area contributed by atoms with Crippen LogP contribution in [0.15, 0.2) is 23.6 Å². The highest BCUT2D eigenvalue weighted by Gasteiger charge is 2.11. The van der Waals surface area contributed by atoms with Crippen LogP contribution in [0.4, 0.5) is 0 Å². The molecular formula is C16H21NO2S. The fourth-order valence-corrected chi connectivity index (χ4v) is 2.75. The van der Waals surface area contributed by atoms with Crippen molar-refractivity contribution in [1.82, 2.24) is 4.98 Å². The maximum Gasteiger partial charge on any atom is 0.131 e. The molecule has 0 aliphatic carbocycles. The number of ether oxygens (including phenoxy) is 1. The van der Waals surface area contributed by atoms with Crippen molar-refractivity contribution in [1.29, 1.82) is 0 Å². The van der Waals surface area contributed by atoms with Gasteiger partial charge in [-0.2, -0.15) is 0 Å². The van der Waals surface area contributed by atoms with Gasteiger partial charge in [0.1, 0.15) is 12.4 Å². The average molecular weight is 291 g/mol. The third-order valence-corrected chi connectivity index (χ3v) is 4.25. The van der Waals surface area contributed by atoms with E-state index in [1.807, 2.05) is 30.5 Å². The lowest BCUT2D eigenvalue weighted by Gasteiger charge is -2.13. The summed E-state index contributed by atoms with van der Waals surface area (Å²) in [4.78, 5) is 4.55. The molecule has 4 heteroatoms. The van der Waals surface area contributed by atoms with Crippen LogP contribution in [0.2, 0.25) is 0 Å². The van der Waals surface area contributed by atoms with E-state index in [0.29, 0.717) is 12.5 Å². The van der Waals surface area contributed by atoms with Crippen molar-refractivity contribution in [3.8, 4) is 5.75 Å².